The summed E-state index contributed by atoms with van der Waals surface area (Å²) in [6.07, 6.45) is 11.6. The monoisotopic (exact) mass is 426 g/mol. The minimum atomic E-state index is -1.05. The van der Waals surface area contributed by atoms with Gasteiger partial charge in [-0.15, -0.1) is 0 Å². The van der Waals surface area contributed by atoms with Crippen LogP contribution in [-0.4, -0.2) is 41.5 Å². The topological polar surface area (TPSA) is 115 Å². The van der Waals surface area contributed by atoms with Crippen LogP contribution in [0.5, 0.6) is 0 Å². The van der Waals surface area contributed by atoms with Gasteiger partial charge in [-0.25, -0.2) is 0 Å². The van der Waals surface area contributed by atoms with Crippen molar-refractivity contribution < 1.29 is 14.1 Å². The fourth-order valence-electron chi connectivity index (χ4n) is 7.57. The number of aryl methyl sites for hydroxylation is 1. The number of carbonyl (C=O) groups excluding carboxylic acids is 2. The van der Waals surface area contributed by atoms with Crippen LogP contribution in [0.2, 0.25) is 0 Å². The summed E-state index contributed by atoms with van der Waals surface area (Å²) in [5, 5.41) is 4.17. The number of rotatable bonds is 9. The zero-order valence-electron chi connectivity index (χ0n) is 18.4. The first-order valence-electron chi connectivity index (χ1n) is 11.8. The molecule has 2 saturated carbocycles. The highest BCUT2D eigenvalue weighted by Gasteiger charge is 2.82. The van der Waals surface area contributed by atoms with Gasteiger partial charge in [0.25, 0.3) is 0 Å². The summed E-state index contributed by atoms with van der Waals surface area (Å²) in [5.41, 5.74) is 11.0. The molecule has 4 atom stereocenters. The molecule has 1 spiro atoms. The zero-order valence-corrected chi connectivity index (χ0v) is 18.4. The molecule has 1 aliphatic heterocycles. The van der Waals surface area contributed by atoms with Crippen LogP contribution in [0, 0.1) is 35.0 Å². The Morgan fingerprint density at radius 3 is 2.29 bits per heavy atom. The number of primary amides is 2. The first-order valence-corrected chi connectivity index (χ1v) is 11.8. The molecule has 5 rings (SSSR count). The van der Waals surface area contributed by atoms with Crippen LogP contribution in [0.25, 0.3) is 0 Å². The fraction of sp³-hybridized carbons (Fsp3) is 0.708. The third-order valence-electron chi connectivity index (χ3n) is 8.93. The highest BCUT2D eigenvalue weighted by atomic mass is 16.5. The van der Waals surface area contributed by atoms with Crippen LogP contribution in [0.3, 0.4) is 0 Å². The lowest BCUT2D eigenvalue weighted by Crippen LogP contribution is -2.60. The standard InChI is InChI=1S/C24H34N4O3/c1-16-14-17(27-31-16)15-24(21(26)30)19-7-6-18(22(19)9-10-22)23(24,20(25)29)8-2-3-11-28-12-4-5-13-28/h6-7,14,18-19H,2-5,8-13,15H2,1H3,(H2,25,29)(H2,26,30)/t18-,19+,23+,24+/m1/s1. The molecule has 31 heavy (non-hydrogen) atoms. The SMILES string of the molecule is Cc1cc(C[C@@]2(C(N)=O)[C@H]3C=C[C@H](C34CC4)[C@@]2(CCCCN2CCCC2)C(N)=O)no1. The van der Waals surface area contributed by atoms with E-state index in [0.29, 0.717) is 24.3 Å². The van der Waals surface area contributed by atoms with Crippen LogP contribution in [-0.2, 0) is 16.0 Å². The Hall–Kier alpha value is -2.15. The number of hydrogen-bond donors (Lipinski definition) is 2. The van der Waals surface area contributed by atoms with E-state index >= 15 is 0 Å². The summed E-state index contributed by atoms with van der Waals surface area (Å²) in [6, 6.07) is 1.85. The van der Waals surface area contributed by atoms with Gasteiger partial charge in [-0.05, 0) is 82.3 Å². The number of unbranched alkanes of at least 4 members (excludes halogenated alkanes) is 1. The zero-order chi connectivity index (χ0) is 21.9. The Balaban J connectivity index is 1.50. The van der Waals surface area contributed by atoms with E-state index < -0.39 is 16.7 Å². The van der Waals surface area contributed by atoms with Crippen molar-refractivity contribution in [2.75, 3.05) is 19.6 Å². The third kappa shape index (κ3) is 2.78. The summed E-state index contributed by atoms with van der Waals surface area (Å²) in [7, 11) is 0. The van der Waals surface area contributed by atoms with E-state index in [-0.39, 0.29) is 23.2 Å². The van der Waals surface area contributed by atoms with Crippen LogP contribution in [0.15, 0.2) is 22.7 Å². The first-order chi connectivity index (χ1) is 14.9. The van der Waals surface area contributed by atoms with Gasteiger partial charge in [0.05, 0.1) is 16.5 Å². The van der Waals surface area contributed by atoms with Gasteiger partial charge < -0.3 is 20.9 Å². The molecule has 1 saturated heterocycles. The normalized spacial score (nSPS) is 35.3. The minimum Gasteiger partial charge on any atom is -0.369 e. The molecule has 4 aliphatic rings. The number of likely N-dealkylation sites (tertiary alicyclic amines) is 1. The molecule has 1 aromatic heterocycles. The molecule has 168 valence electrons. The minimum absolute atomic E-state index is 0.0187. The highest BCUT2D eigenvalue weighted by Crippen LogP contribution is 2.81. The molecule has 2 amide bonds. The van der Waals surface area contributed by atoms with Gasteiger partial charge in [-0.1, -0.05) is 23.7 Å². The molecule has 0 unspecified atom stereocenters. The van der Waals surface area contributed by atoms with Gasteiger partial charge in [0.15, 0.2) is 0 Å². The number of nitrogens with two attached hydrogens (primary N) is 2. The van der Waals surface area contributed by atoms with Crippen molar-refractivity contribution in [1.82, 2.24) is 10.1 Å². The number of carbonyl (C=O) groups is 2. The van der Waals surface area contributed by atoms with E-state index in [1.165, 1.54) is 12.8 Å². The molecule has 1 aromatic rings. The molecule has 7 nitrogen and oxygen atoms in total. The molecular weight excluding hydrogens is 392 g/mol. The van der Waals surface area contributed by atoms with Gasteiger partial charge in [-0.3, -0.25) is 9.59 Å². The Morgan fingerprint density at radius 2 is 1.74 bits per heavy atom. The predicted molar refractivity (Wildman–Crippen MR) is 116 cm³/mol. The molecule has 0 aromatic carbocycles. The summed E-state index contributed by atoms with van der Waals surface area (Å²) in [4.78, 5) is 29.1. The number of aromatic nitrogens is 1. The average molecular weight is 427 g/mol. The second kappa shape index (κ2) is 7.19. The summed E-state index contributed by atoms with van der Waals surface area (Å²) in [6.45, 7) is 5.19. The van der Waals surface area contributed by atoms with E-state index in [1.54, 1.807) is 0 Å². The van der Waals surface area contributed by atoms with Crippen LogP contribution in [0.1, 0.15) is 56.4 Å². The van der Waals surface area contributed by atoms with Crippen molar-refractivity contribution in [3.05, 3.63) is 29.7 Å². The fourth-order valence-corrected chi connectivity index (χ4v) is 7.57. The quantitative estimate of drug-likeness (QED) is 0.464. The van der Waals surface area contributed by atoms with Crippen molar-refractivity contribution >= 4 is 11.8 Å². The van der Waals surface area contributed by atoms with Gasteiger partial charge in [-0.2, -0.15) is 0 Å². The van der Waals surface area contributed by atoms with Gasteiger partial charge in [0.2, 0.25) is 11.8 Å². The molecule has 3 aliphatic carbocycles. The van der Waals surface area contributed by atoms with Crippen LogP contribution in [0.4, 0.5) is 0 Å². The Morgan fingerprint density at radius 1 is 1.10 bits per heavy atom. The van der Waals surface area contributed by atoms with Crippen molar-refractivity contribution in [1.29, 1.82) is 0 Å². The Bertz CT molecular complexity index is 914. The van der Waals surface area contributed by atoms with Crippen molar-refractivity contribution in [2.24, 2.45) is 39.5 Å². The number of allylic oxidation sites excluding steroid dienone is 2. The van der Waals surface area contributed by atoms with Crippen molar-refractivity contribution in [2.45, 2.75) is 58.3 Å². The Labute approximate surface area is 183 Å². The second-order valence-corrected chi connectivity index (χ2v) is 10.4. The van der Waals surface area contributed by atoms with E-state index in [0.717, 1.165) is 45.3 Å². The lowest BCUT2D eigenvalue weighted by atomic mass is 9.53. The first kappa shape index (κ1) is 20.7. The van der Waals surface area contributed by atoms with Crippen molar-refractivity contribution in [3.63, 3.8) is 0 Å². The number of hydrogen-bond acceptors (Lipinski definition) is 5. The molecular formula is C24H34N4O3. The van der Waals surface area contributed by atoms with Gasteiger partial charge >= 0.3 is 0 Å². The molecule has 4 N–H and O–H groups in total. The summed E-state index contributed by atoms with van der Waals surface area (Å²) in [5.74, 6) is -0.199. The average Bonchev–Trinajstić information content (AvgIpc) is 3.02. The second-order valence-electron chi connectivity index (χ2n) is 10.4. The molecule has 0 radical (unpaired) electrons. The number of amides is 2. The smallest absolute Gasteiger partial charge is 0.225 e. The number of nitrogens with zero attached hydrogens (tertiary/aromatic N) is 2. The Kier molecular flexibility index (Phi) is 4.81. The lowest BCUT2D eigenvalue weighted by Gasteiger charge is -2.47. The maximum Gasteiger partial charge on any atom is 0.225 e. The maximum absolute atomic E-state index is 13.3. The summed E-state index contributed by atoms with van der Waals surface area (Å²) < 4.78 is 5.29. The molecule has 7 heteroatoms. The maximum atomic E-state index is 13.3. The summed E-state index contributed by atoms with van der Waals surface area (Å²) >= 11 is 0. The van der Waals surface area contributed by atoms with Crippen molar-refractivity contribution in [3.8, 4) is 0 Å². The largest absolute Gasteiger partial charge is 0.369 e. The van der Waals surface area contributed by atoms with E-state index in [1.807, 2.05) is 13.0 Å². The van der Waals surface area contributed by atoms with Gasteiger partial charge in [0, 0.05) is 12.5 Å². The molecule has 2 heterocycles. The van der Waals surface area contributed by atoms with E-state index in [4.69, 9.17) is 16.0 Å². The molecule has 3 fully saturated rings. The third-order valence-corrected chi connectivity index (χ3v) is 8.93. The van der Waals surface area contributed by atoms with Gasteiger partial charge in [0.1, 0.15) is 5.76 Å². The van der Waals surface area contributed by atoms with Crippen LogP contribution >= 0.6 is 0 Å². The molecule has 2 bridgehead atoms. The van der Waals surface area contributed by atoms with E-state index in [2.05, 4.69) is 22.2 Å². The predicted octanol–water partition coefficient (Wildman–Crippen LogP) is 2.33. The lowest BCUT2D eigenvalue weighted by molar-refractivity contribution is -0.151. The highest BCUT2D eigenvalue weighted by molar-refractivity contribution is 5.95. The van der Waals surface area contributed by atoms with Crippen LogP contribution < -0.4 is 11.5 Å². The van der Waals surface area contributed by atoms with E-state index in [9.17, 15) is 9.59 Å².